The smallest absolute Gasteiger partial charge is 0.407 e. The van der Waals surface area contributed by atoms with Gasteiger partial charge in [0.15, 0.2) is 0 Å². The molecule has 0 aliphatic rings. The lowest BCUT2D eigenvalue weighted by atomic mass is 10.0. The van der Waals surface area contributed by atoms with E-state index in [1.165, 1.54) is 77.0 Å². The second-order valence-electron chi connectivity index (χ2n) is 10.3. The van der Waals surface area contributed by atoms with Gasteiger partial charge in [-0.2, -0.15) is 0 Å². The molecule has 0 aromatic carbocycles. The molecule has 0 aromatic rings. The average Bonchev–Trinajstić information content (AvgIpc) is 2.82. The second kappa shape index (κ2) is 24.9. The fourth-order valence-electron chi connectivity index (χ4n) is 4.02. The number of nitrogens with one attached hydrogen (secondary N) is 1. The molecule has 0 rings (SSSR count). The Morgan fingerprint density at radius 1 is 0.618 bits per heavy atom. The Morgan fingerprint density at radius 2 is 1.06 bits per heavy atom. The standard InChI is InChI=1S/C29H57NO4/c1-5-7-9-11-12-13-14-15-16-17-18-19-20-22-24-33-28(31)27(23-21-10-8-6-2)30-29(32)34-25-26(3)4/h26-27H,5-25H2,1-4H3,(H,30,32). The van der Waals surface area contributed by atoms with Gasteiger partial charge < -0.3 is 14.8 Å². The molecule has 5 heteroatoms. The van der Waals surface area contributed by atoms with Crippen LogP contribution in [-0.2, 0) is 14.3 Å². The lowest BCUT2D eigenvalue weighted by Crippen LogP contribution is -2.42. The predicted molar refractivity (Wildman–Crippen MR) is 143 cm³/mol. The number of alkyl carbamates (subject to hydrolysis) is 1. The largest absolute Gasteiger partial charge is 0.464 e. The summed E-state index contributed by atoms with van der Waals surface area (Å²) in [5.41, 5.74) is 0. The summed E-state index contributed by atoms with van der Waals surface area (Å²) in [5, 5.41) is 2.72. The summed E-state index contributed by atoms with van der Waals surface area (Å²) in [6, 6.07) is -0.608. The molecule has 0 aliphatic carbocycles. The van der Waals surface area contributed by atoms with Crippen LogP contribution in [0.25, 0.3) is 0 Å². The Kier molecular flexibility index (Phi) is 23.9. The van der Waals surface area contributed by atoms with Crippen LogP contribution in [-0.4, -0.2) is 31.3 Å². The Balaban J connectivity index is 3.84. The highest BCUT2D eigenvalue weighted by Crippen LogP contribution is 2.13. The zero-order valence-corrected chi connectivity index (χ0v) is 23.1. The van der Waals surface area contributed by atoms with Gasteiger partial charge in [-0.3, -0.25) is 0 Å². The zero-order valence-electron chi connectivity index (χ0n) is 23.1. The SMILES string of the molecule is CCCCCCCCCCCCCCCCOC(=O)C(CCCCCC)NC(=O)OCC(C)C. The molecule has 202 valence electrons. The van der Waals surface area contributed by atoms with Crippen molar-refractivity contribution >= 4 is 12.1 Å². The van der Waals surface area contributed by atoms with Crippen molar-refractivity contribution in [2.24, 2.45) is 5.92 Å². The van der Waals surface area contributed by atoms with Gasteiger partial charge in [-0.05, 0) is 18.8 Å². The van der Waals surface area contributed by atoms with Gasteiger partial charge in [-0.1, -0.05) is 137 Å². The fourth-order valence-corrected chi connectivity index (χ4v) is 4.02. The van der Waals surface area contributed by atoms with E-state index in [-0.39, 0.29) is 11.9 Å². The van der Waals surface area contributed by atoms with Crippen LogP contribution in [0.2, 0.25) is 0 Å². The average molecular weight is 484 g/mol. The Labute approximate surface area is 211 Å². The van der Waals surface area contributed by atoms with E-state index in [9.17, 15) is 9.59 Å². The quantitative estimate of drug-likeness (QED) is 0.110. The summed E-state index contributed by atoms with van der Waals surface area (Å²) >= 11 is 0. The highest BCUT2D eigenvalue weighted by molar-refractivity contribution is 5.81. The van der Waals surface area contributed by atoms with Crippen molar-refractivity contribution in [3.05, 3.63) is 0 Å². The van der Waals surface area contributed by atoms with E-state index in [1.807, 2.05) is 13.8 Å². The minimum atomic E-state index is -0.608. The van der Waals surface area contributed by atoms with Crippen molar-refractivity contribution in [2.75, 3.05) is 13.2 Å². The summed E-state index contributed by atoms with van der Waals surface area (Å²) in [6.45, 7) is 9.18. The number of carbonyl (C=O) groups is 2. The van der Waals surface area contributed by atoms with E-state index in [4.69, 9.17) is 9.47 Å². The normalized spacial score (nSPS) is 12.0. The molecule has 5 nitrogen and oxygen atoms in total. The van der Waals surface area contributed by atoms with Crippen LogP contribution in [0, 0.1) is 5.92 Å². The Hall–Kier alpha value is -1.26. The van der Waals surface area contributed by atoms with Crippen LogP contribution in [0.15, 0.2) is 0 Å². The van der Waals surface area contributed by atoms with Crippen molar-refractivity contribution in [3.8, 4) is 0 Å². The van der Waals surface area contributed by atoms with Gasteiger partial charge in [0.25, 0.3) is 0 Å². The van der Waals surface area contributed by atoms with Gasteiger partial charge in [-0.15, -0.1) is 0 Å². The van der Waals surface area contributed by atoms with E-state index < -0.39 is 12.1 Å². The summed E-state index contributed by atoms with van der Waals surface area (Å²) in [6.07, 6.45) is 22.6. The van der Waals surface area contributed by atoms with Crippen molar-refractivity contribution in [1.29, 1.82) is 0 Å². The monoisotopic (exact) mass is 483 g/mol. The number of rotatable bonds is 24. The molecule has 0 fully saturated rings. The lowest BCUT2D eigenvalue weighted by Gasteiger charge is -2.18. The van der Waals surface area contributed by atoms with E-state index in [2.05, 4.69) is 19.2 Å². The third-order valence-electron chi connectivity index (χ3n) is 6.21. The van der Waals surface area contributed by atoms with Crippen LogP contribution in [0.5, 0.6) is 0 Å². The number of esters is 1. The molecule has 1 amide bonds. The van der Waals surface area contributed by atoms with Crippen molar-refractivity contribution in [1.82, 2.24) is 5.32 Å². The number of hydrogen-bond acceptors (Lipinski definition) is 4. The molecule has 1 unspecified atom stereocenters. The molecule has 0 radical (unpaired) electrons. The third kappa shape index (κ3) is 22.5. The fraction of sp³-hybridized carbons (Fsp3) is 0.931. The number of ether oxygens (including phenoxy) is 2. The van der Waals surface area contributed by atoms with Gasteiger partial charge in [-0.25, -0.2) is 9.59 Å². The molecule has 0 aliphatic heterocycles. The first-order valence-electron chi connectivity index (χ1n) is 14.6. The maximum absolute atomic E-state index is 12.5. The van der Waals surface area contributed by atoms with Crippen LogP contribution in [0.1, 0.15) is 150 Å². The first-order valence-corrected chi connectivity index (χ1v) is 14.6. The first kappa shape index (κ1) is 32.7. The maximum Gasteiger partial charge on any atom is 0.407 e. The second-order valence-corrected chi connectivity index (χ2v) is 10.3. The van der Waals surface area contributed by atoms with Gasteiger partial charge >= 0.3 is 12.1 Å². The minimum Gasteiger partial charge on any atom is -0.464 e. The molecule has 0 aromatic heterocycles. The summed E-state index contributed by atoms with van der Waals surface area (Å²) in [5.74, 6) is -0.0614. The Morgan fingerprint density at radius 3 is 1.53 bits per heavy atom. The van der Waals surface area contributed by atoms with Gasteiger partial charge in [0, 0.05) is 0 Å². The van der Waals surface area contributed by atoms with Crippen molar-refractivity contribution in [2.45, 2.75) is 156 Å². The lowest BCUT2D eigenvalue weighted by molar-refractivity contribution is -0.146. The van der Waals surface area contributed by atoms with Crippen LogP contribution in [0.4, 0.5) is 4.79 Å². The van der Waals surface area contributed by atoms with E-state index in [0.29, 0.717) is 19.6 Å². The minimum absolute atomic E-state index is 0.265. The molecule has 0 spiro atoms. The molecule has 1 N–H and O–H groups in total. The highest BCUT2D eigenvalue weighted by Gasteiger charge is 2.22. The first-order chi connectivity index (χ1) is 16.5. The Bertz CT molecular complexity index is 467. The molecular weight excluding hydrogens is 426 g/mol. The highest BCUT2D eigenvalue weighted by atomic mass is 16.6. The van der Waals surface area contributed by atoms with Gasteiger partial charge in [0.05, 0.1) is 13.2 Å². The van der Waals surface area contributed by atoms with Crippen molar-refractivity contribution < 1.29 is 19.1 Å². The molecule has 0 saturated carbocycles. The maximum atomic E-state index is 12.5. The van der Waals surface area contributed by atoms with E-state index >= 15 is 0 Å². The van der Waals surface area contributed by atoms with Crippen LogP contribution in [0.3, 0.4) is 0 Å². The van der Waals surface area contributed by atoms with E-state index in [1.54, 1.807) is 0 Å². The predicted octanol–water partition coefficient (Wildman–Crippen LogP) is 8.73. The molecule has 0 saturated heterocycles. The molecule has 0 heterocycles. The zero-order chi connectivity index (χ0) is 25.3. The van der Waals surface area contributed by atoms with Gasteiger partial charge in [0.2, 0.25) is 0 Å². The summed E-state index contributed by atoms with van der Waals surface area (Å²) in [7, 11) is 0. The molecule has 1 atom stereocenters. The topological polar surface area (TPSA) is 64.6 Å². The number of amides is 1. The number of hydrogen-bond donors (Lipinski definition) is 1. The van der Waals surface area contributed by atoms with Crippen LogP contribution < -0.4 is 5.32 Å². The summed E-state index contributed by atoms with van der Waals surface area (Å²) in [4.78, 5) is 24.5. The van der Waals surface area contributed by atoms with Gasteiger partial charge in [0.1, 0.15) is 6.04 Å². The van der Waals surface area contributed by atoms with E-state index in [0.717, 1.165) is 38.5 Å². The molecule has 0 bridgehead atoms. The molecular formula is C29H57NO4. The van der Waals surface area contributed by atoms with Crippen molar-refractivity contribution in [3.63, 3.8) is 0 Å². The number of carbonyl (C=O) groups excluding carboxylic acids is 2. The van der Waals surface area contributed by atoms with Crippen LogP contribution >= 0.6 is 0 Å². The number of unbranched alkanes of at least 4 members (excludes halogenated alkanes) is 16. The third-order valence-corrected chi connectivity index (χ3v) is 6.21. The summed E-state index contributed by atoms with van der Waals surface area (Å²) < 4.78 is 10.7. The molecule has 34 heavy (non-hydrogen) atoms.